The smallest absolute Gasteiger partial charge is 0.212 e. The van der Waals surface area contributed by atoms with Gasteiger partial charge in [-0.3, -0.25) is 0 Å². The van der Waals surface area contributed by atoms with Crippen LogP contribution >= 0.6 is 0 Å². The molecule has 0 aliphatic rings. The van der Waals surface area contributed by atoms with Gasteiger partial charge in [0.15, 0.2) is 6.20 Å². The SMILES string of the molecule is CCCCn1ccc2ccc(-c3ccc4c(c3)c3cc(C)ccc3c[n+]4C)cc21.[Cl-]. The molecule has 5 rings (SSSR count). The maximum absolute atomic E-state index is 2.39. The predicted octanol–water partition coefficient (Wildman–Crippen LogP) is 3.55. The first-order valence-corrected chi connectivity index (χ1v) is 10.6. The number of pyridine rings is 1. The summed E-state index contributed by atoms with van der Waals surface area (Å²) in [6, 6.07) is 22.7. The topological polar surface area (TPSA) is 8.81 Å². The van der Waals surface area contributed by atoms with E-state index in [1.807, 2.05) is 0 Å². The minimum absolute atomic E-state index is 0. The second kappa shape index (κ2) is 8.12. The van der Waals surface area contributed by atoms with Crippen LogP contribution in [0.5, 0.6) is 0 Å². The number of halogens is 1. The van der Waals surface area contributed by atoms with Crippen molar-refractivity contribution in [3.63, 3.8) is 0 Å². The highest BCUT2D eigenvalue weighted by Gasteiger charge is 2.12. The molecule has 5 aromatic rings. The van der Waals surface area contributed by atoms with Crippen LogP contribution in [-0.4, -0.2) is 4.57 Å². The molecule has 152 valence electrons. The first-order chi connectivity index (χ1) is 14.1. The summed E-state index contributed by atoms with van der Waals surface area (Å²) >= 11 is 0. The van der Waals surface area contributed by atoms with E-state index in [0.29, 0.717) is 0 Å². The van der Waals surface area contributed by atoms with Crippen molar-refractivity contribution in [3.8, 4) is 11.1 Å². The van der Waals surface area contributed by atoms with Gasteiger partial charge in [-0.15, -0.1) is 0 Å². The molecule has 0 amide bonds. The number of rotatable bonds is 4. The number of aryl methyl sites for hydroxylation is 3. The lowest BCUT2D eigenvalue weighted by Crippen LogP contribution is -3.00. The van der Waals surface area contributed by atoms with Crippen molar-refractivity contribution in [1.82, 2.24) is 4.57 Å². The number of fused-ring (bicyclic) bond motifs is 4. The zero-order valence-electron chi connectivity index (χ0n) is 17.8. The first-order valence-electron chi connectivity index (χ1n) is 10.6. The van der Waals surface area contributed by atoms with E-state index in [9.17, 15) is 0 Å². The van der Waals surface area contributed by atoms with Gasteiger partial charge in [-0.2, -0.15) is 0 Å². The third kappa shape index (κ3) is 3.46. The molecule has 0 aliphatic heterocycles. The summed E-state index contributed by atoms with van der Waals surface area (Å²) in [5.41, 5.74) is 6.45. The minimum atomic E-state index is 0. The standard InChI is InChI=1S/C27H27N2.ClH/c1-4-5-13-29-14-12-20-8-9-22(17-27(20)29)21-10-11-26-25(16-21)24-15-19(2)6-7-23(24)18-28(26)3;/h6-12,14-18H,4-5,13H2,1-3H3;1H/q+1;/p-1. The lowest BCUT2D eigenvalue weighted by atomic mass is 9.98. The van der Waals surface area contributed by atoms with Crippen molar-refractivity contribution < 1.29 is 17.0 Å². The Bertz CT molecular complexity index is 1360. The Balaban J connectivity index is 0.00000218. The predicted molar refractivity (Wildman–Crippen MR) is 123 cm³/mol. The molecule has 0 fully saturated rings. The molecule has 3 heteroatoms. The molecule has 3 aromatic carbocycles. The van der Waals surface area contributed by atoms with Crippen molar-refractivity contribution in [2.24, 2.45) is 7.05 Å². The van der Waals surface area contributed by atoms with Crippen LogP contribution in [-0.2, 0) is 13.6 Å². The van der Waals surface area contributed by atoms with Crippen LogP contribution < -0.4 is 17.0 Å². The Hall–Kier alpha value is -2.84. The van der Waals surface area contributed by atoms with Crippen molar-refractivity contribution in [3.05, 3.63) is 78.6 Å². The number of aromatic nitrogens is 2. The number of hydrogen-bond donors (Lipinski definition) is 0. The monoisotopic (exact) mass is 414 g/mol. The Morgan fingerprint density at radius 2 is 1.60 bits per heavy atom. The van der Waals surface area contributed by atoms with Crippen LogP contribution in [0.2, 0.25) is 0 Å². The van der Waals surface area contributed by atoms with Crippen LogP contribution in [0.15, 0.2) is 73.1 Å². The fourth-order valence-corrected chi connectivity index (χ4v) is 4.42. The molecule has 0 aliphatic carbocycles. The third-order valence-corrected chi connectivity index (χ3v) is 6.07. The normalized spacial score (nSPS) is 11.3. The Labute approximate surface area is 184 Å². The second-order valence-electron chi connectivity index (χ2n) is 8.20. The number of nitrogens with zero attached hydrogens (tertiary/aromatic N) is 2. The lowest BCUT2D eigenvalue weighted by Gasteiger charge is -2.09. The van der Waals surface area contributed by atoms with Gasteiger partial charge in [-0.1, -0.05) is 43.2 Å². The number of unbranched alkanes of at least 4 members (excludes halogenated alkanes) is 1. The highest BCUT2D eigenvalue weighted by Crippen LogP contribution is 2.30. The van der Waals surface area contributed by atoms with Gasteiger partial charge in [0.05, 0.1) is 5.39 Å². The fourth-order valence-electron chi connectivity index (χ4n) is 4.42. The van der Waals surface area contributed by atoms with E-state index < -0.39 is 0 Å². The number of hydrogen-bond acceptors (Lipinski definition) is 0. The van der Waals surface area contributed by atoms with Crippen LogP contribution in [0, 0.1) is 6.92 Å². The van der Waals surface area contributed by atoms with Crippen molar-refractivity contribution in [2.75, 3.05) is 0 Å². The van der Waals surface area contributed by atoms with Gasteiger partial charge >= 0.3 is 0 Å². The molecule has 0 spiro atoms. The van der Waals surface area contributed by atoms with Gasteiger partial charge in [0.1, 0.15) is 7.05 Å². The summed E-state index contributed by atoms with van der Waals surface area (Å²) in [7, 11) is 2.13. The van der Waals surface area contributed by atoms with E-state index in [1.54, 1.807) is 0 Å². The maximum atomic E-state index is 2.39. The zero-order chi connectivity index (χ0) is 20.0. The van der Waals surface area contributed by atoms with Gasteiger partial charge in [-0.25, -0.2) is 4.57 Å². The van der Waals surface area contributed by atoms with E-state index in [1.165, 1.54) is 62.1 Å². The molecule has 0 unspecified atom stereocenters. The molecule has 30 heavy (non-hydrogen) atoms. The van der Waals surface area contributed by atoms with Gasteiger partial charge in [0.2, 0.25) is 5.52 Å². The molecule has 0 saturated heterocycles. The van der Waals surface area contributed by atoms with Crippen molar-refractivity contribution in [1.29, 1.82) is 0 Å². The summed E-state index contributed by atoms with van der Waals surface area (Å²) in [6.45, 7) is 5.50. The van der Waals surface area contributed by atoms with Crippen LogP contribution in [0.3, 0.4) is 0 Å². The van der Waals surface area contributed by atoms with Crippen molar-refractivity contribution in [2.45, 2.75) is 33.2 Å². The molecule has 2 aromatic heterocycles. The van der Waals surface area contributed by atoms with E-state index in [4.69, 9.17) is 0 Å². The highest BCUT2D eigenvalue weighted by atomic mass is 35.5. The fraction of sp³-hybridized carbons (Fsp3) is 0.222. The molecule has 0 N–H and O–H groups in total. The second-order valence-corrected chi connectivity index (χ2v) is 8.20. The summed E-state index contributed by atoms with van der Waals surface area (Å²) in [5.74, 6) is 0. The van der Waals surface area contributed by atoms with E-state index in [0.717, 1.165) is 6.54 Å². The zero-order valence-corrected chi connectivity index (χ0v) is 18.6. The van der Waals surface area contributed by atoms with E-state index >= 15 is 0 Å². The molecule has 2 nitrogen and oxygen atoms in total. The van der Waals surface area contributed by atoms with E-state index in [2.05, 4.69) is 103 Å². The molecule has 0 bridgehead atoms. The summed E-state index contributed by atoms with van der Waals surface area (Å²) < 4.78 is 4.62. The largest absolute Gasteiger partial charge is 1.00 e. The van der Waals surface area contributed by atoms with Crippen LogP contribution in [0.1, 0.15) is 25.3 Å². The molecule has 0 atom stereocenters. The van der Waals surface area contributed by atoms with Crippen molar-refractivity contribution >= 4 is 32.6 Å². The molecular weight excluding hydrogens is 388 g/mol. The molecule has 2 heterocycles. The van der Waals surface area contributed by atoms with E-state index in [-0.39, 0.29) is 12.4 Å². The maximum Gasteiger partial charge on any atom is 0.212 e. The van der Waals surface area contributed by atoms with Gasteiger partial charge < -0.3 is 17.0 Å². The Kier molecular flexibility index (Phi) is 5.53. The molecular formula is C27H27ClN2. The molecule has 0 radical (unpaired) electrons. The third-order valence-electron chi connectivity index (χ3n) is 6.07. The van der Waals surface area contributed by atoms with Gasteiger partial charge in [0.25, 0.3) is 0 Å². The Morgan fingerprint density at radius 3 is 2.43 bits per heavy atom. The summed E-state index contributed by atoms with van der Waals surface area (Å²) in [6.07, 6.45) is 6.88. The highest BCUT2D eigenvalue weighted by molar-refractivity contribution is 6.05. The number of benzene rings is 3. The Morgan fingerprint density at radius 1 is 0.833 bits per heavy atom. The lowest BCUT2D eigenvalue weighted by molar-refractivity contribution is -0.643. The first kappa shape index (κ1) is 20.4. The van der Waals surface area contributed by atoms with Crippen LogP contribution in [0.25, 0.3) is 43.7 Å². The van der Waals surface area contributed by atoms with Gasteiger partial charge in [-0.05, 0) is 60.2 Å². The minimum Gasteiger partial charge on any atom is -1.00 e. The quantitative estimate of drug-likeness (QED) is 0.314. The summed E-state index contributed by atoms with van der Waals surface area (Å²) in [5, 5.41) is 5.24. The average molecular weight is 415 g/mol. The van der Waals surface area contributed by atoms with Gasteiger partial charge in [0, 0.05) is 35.1 Å². The average Bonchev–Trinajstić information content (AvgIpc) is 3.15. The van der Waals surface area contributed by atoms with Crippen LogP contribution in [0.4, 0.5) is 0 Å². The molecule has 0 saturated carbocycles. The summed E-state index contributed by atoms with van der Waals surface area (Å²) in [4.78, 5) is 0.